The van der Waals surface area contributed by atoms with Crippen LogP contribution in [-0.4, -0.2) is 48.9 Å². The van der Waals surface area contributed by atoms with Crippen molar-refractivity contribution in [1.82, 2.24) is 4.90 Å². The Morgan fingerprint density at radius 3 is 2.44 bits per heavy atom. The second kappa shape index (κ2) is 11.4. The molecule has 0 radical (unpaired) electrons. The summed E-state index contributed by atoms with van der Waals surface area (Å²) in [5.74, 6) is 0.985. The largest absolute Gasteiger partial charge is 0.312 e. The van der Waals surface area contributed by atoms with Gasteiger partial charge in [-0.15, -0.1) is 0 Å². The Bertz CT molecular complexity index is 1080. The molecule has 2 aromatic rings. The van der Waals surface area contributed by atoms with Crippen LogP contribution in [0.3, 0.4) is 0 Å². The second-order valence-electron chi connectivity index (χ2n) is 10.7. The number of fused-ring (bicyclic) bond motifs is 1. The second-order valence-corrected chi connectivity index (χ2v) is 10.7. The molecule has 0 unspecified atom stereocenters. The number of piperidine rings is 1. The van der Waals surface area contributed by atoms with E-state index in [9.17, 15) is 9.59 Å². The van der Waals surface area contributed by atoms with E-state index in [-0.39, 0.29) is 17.9 Å². The van der Waals surface area contributed by atoms with Crippen molar-refractivity contribution in [3.8, 4) is 0 Å². The lowest BCUT2D eigenvalue weighted by atomic mass is 9.99. The molecule has 0 atom stereocenters. The topological polar surface area (TPSA) is 43.9 Å². The molecule has 190 valence electrons. The summed E-state index contributed by atoms with van der Waals surface area (Å²) in [4.78, 5) is 32.3. The SMILES string of the molecule is CC(=O)N1CCc2ccc(N(C(=O)/C=C/c3ccccc3)C3CCN(CCC4CCCC4)CC3)cc21. The van der Waals surface area contributed by atoms with Crippen LogP contribution >= 0.6 is 0 Å². The number of hydrogen-bond acceptors (Lipinski definition) is 3. The van der Waals surface area contributed by atoms with Gasteiger partial charge in [0.15, 0.2) is 0 Å². The van der Waals surface area contributed by atoms with Crippen LogP contribution in [-0.2, 0) is 16.0 Å². The molecule has 3 aliphatic rings. The normalized spacial score (nSPS) is 19.2. The summed E-state index contributed by atoms with van der Waals surface area (Å²) in [6.07, 6.45) is 13.4. The maximum Gasteiger partial charge on any atom is 0.251 e. The van der Waals surface area contributed by atoms with Gasteiger partial charge < -0.3 is 14.7 Å². The van der Waals surface area contributed by atoms with E-state index in [1.165, 1.54) is 44.2 Å². The Hall–Kier alpha value is -2.92. The predicted molar refractivity (Wildman–Crippen MR) is 147 cm³/mol. The van der Waals surface area contributed by atoms with E-state index >= 15 is 0 Å². The molecule has 2 aliphatic heterocycles. The maximum atomic E-state index is 13.7. The number of amides is 2. The van der Waals surface area contributed by atoms with E-state index in [1.807, 2.05) is 46.2 Å². The fourth-order valence-corrected chi connectivity index (χ4v) is 6.24. The Kier molecular flexibility index (Phi) is 7.86. The van der Waals surface area contributed by atoms with Gasteiger partial charge in [0.05, 0.1) is 0 Å². The first-order valence-corrected chi connectivity index (χ1v) is 13.8. The Morgan fingerprint density at radius 2 is 1.72 bits per heavy atom. The number of benzene rings is 2. The smallest absolute Gasteiger partial charge is 0.251 e. The van der Waals surface area contributed by atoms with Crippen LogP contribution in [0.15, 0.2) is 54.6 Å². The molecule has 5 nitrogen and oxygen atoms in total. The van der Waals surface area contributed by atoms with Crippen molar-refractivity contribution in [2.75, 3.05) is 36.0 Å². The van der Waals surface area contributed by atoms with Gasteiger partial charge >= 0.3 is 0 Å². The van der Waals surface area contributed by atoms with Crippen LogP contribution < -0.4 is 9.80 Å². The molecule has 1 aliphatic carbocycles. The minimum absolute atomic E-state index is 0.00980. The number of likely N-dealkylation sites (tertiary alicyclic amines) is 1. The van der Waals surface area contributed by atoms with Gasteiger partial charge in [0.25, 0.3) is 5.91 Å². The van der Waals surface area contributed by atoms with Gasteiger partial charge in [-0.05, 0) is 67.5 Å². The summed E-state index contributed by atoms with van der Waals surface area (Å²) in [6, 6.07) is 16.4. The molecule has 5 heteroatoms. The van der Waals surface area contributed by atoms with E-state index in [1.54, 1.807) is 13.0 Å². The van der Waals surface area contributed by atoms with Crippen LogP contribution in [0.2, 0.25) is 0 Å². The number of rotatable bonds is 7. The van der Waals surface area contributed by atoms with Crippen molar-refractivity contribution in [3.05, 3.63) is 65.7 Å². The summed E-state index contributed by atoms with van der Waals surface area (Å²) in [5.41, 5.74) is 4.06. The highest BCUT2D eigenvalue weighted by atomic mass is 16.2. The first-order chi connectivity index (χ1) is 17.6. The average molecular weight is 486 g/mol. The first-order valence-electron chi connectivity index (χ1n) is 13.8. The molecule has 0 spiro atoms. The average Bonchev–Trinajstić information content (AvgIpc) is 3.58. The molecule has 0 N–H and O–H groups in total. The van der Waals surface area contributed by atoms with Gasteiger partial charge in [-0.25, -0.2) is 0 Å². The highest BCUT2D eigenvalue weighted by Crippen LogP contribution is 2.35. The lowest BCUT2D eigenvalue weighted by Crippen LogP contribution is -2.47. The number of carbonyl (C=O) groups excluding carboxylic acids is 2. The maximum absolute atomic E-state index is 13.7. The molecule has 2 fully saturated rings. The highest BCUT2D eigenvalue weighted by Gasteiger charge is 2.30. The van der Waals surface area contributed by atoms with E-state index in [0.717, 1.165) is 61.8 Å². The zero-order valence-electron chi connectivity index (χ0n) is 21.6. The number of anilines is 2. The van der Waals surface area contributed by atoms with Gasteiger partial charge in [-0.2, -0.15) is 0 Å². The minimum atomic E-state index is 0.00980. The van der Waals surface area contributed by atoms with Crippen molar-refractivity contribution < 1.29 is 9.59 Å². The molecule has 36 heavy (non-hydrogen) atoms. The number of nitrogens with zero attached hydrogens (tertiary/aromatic N) is 3. The standard InChI is InChI=1S/C31H39N3O2/c1-24(35)33-22-16-27-12-13-29(23-30(27)33)34(31(36)14-11-25-7-3-2-4-8-25)28-17-20-32(21-18-28)19-15-26-9-5-6-10-26/h2-4,7-8,11-14,23,26,28H,5-6,9-10,15-22H2,1H3/b14-11+. The summed E-state index contributed by atoms with van der Waals surface area (Å²) in [5, 5.41) is 0. The van der Waals surface area contributed by atoms with Crippen molar-refractivity contribution in [2.24, 2.45) is 5.92 Å². The highest BCUT2D eigenvalue weighted by molar-refractivity contribution is 6.05. The predicted octanol–water partition coefficient (Wildman–Crippen LogP) is 5.69. The van der Waals surface area contributed by atoms with E-state index in [0.29, 0.717) is 0 Å². The van der Waals surface area contributed by atoms with E-state index in [4.69, 9.17) is 0 Å². The van der Waals surface area contributed by atoms with Crippen LogP contribution in [0, 0.1) is 5.92 Å². The van der Waals surface area contributed by atoms with E-state index < -0.39 is 0 Å². The van der Waals surface area contributed by atoms with E-state index in [2.05, 4.69) is 23.1 Å². The third kappa shape index (κ3) is 5.73. The molecule has 5 rings (SSSR count). The summed E-state index contributed by atoms with van der Waals surface area (Å²) < 4.78 is 0. The molecule has 2 amide bonds. The van der Waals surface area contributed by atoms with Crippen molar-refractivity contribution in [2.45, 2.75) is 64.3 Å². The quantitative estimate of drug-likeness (QED) is 0.474. The summed E-state index contributed by atoms with van der Waals surface area (Å²) in [6.45, 7) is 5.60. The van der Waals surface area contributed by atoms with Gasteiger partial charge in [-0.1, -0.05) is 62.1 Å². The van der Waals surface area contributed by atoms with Crippen LogP contribution in [0.5, 0.6) is 0 Å². The summed E-state index contributed by atoms with van der Waals surface area (Å²) in [7, 11) is 0. The van der Waals surface area contributed by atoms with Crippen molar-refractivity contribution in [1.29, 1.82) is 0 Å². The van der Waals surface area contributed by atoms with Crippen LogP contribution in [0.1, 0.15) is 63.0 Å². The minimum Gasteiger partial charge on any atom is -0.312 e. The molecule has 0 bridgehead atoms. The third-order valence-electron chi connectivity index (χ3n) is 8.33. The fourth-order valence-electron chi connectivity index (χ4n) is 6.24. The zero-order chi connectivity index (χ0) is 24.9. The molecule has 2 heterocycles. The molecular formula is C31H39N3O2. The molecule has 1 saturated carbocycles. The Balaban J connectivity index is 1.33. The first kappa shape index (κ1) is 24.8. The molecular weight excluding hydrogens is 446 g/mol. The fraction of sp³-hybridized carbons (Fsp3) is 0.484. The van der Waals surface area contributed by atoms with Crippen LogP contribution in [0.25, 0.3) is 6.08 Å². The van der Waals surface area contributed by atoms with Crippen LogP contribution in [0.4, 0.5) is 11.4 Å². The third-order valence-corrected chi connectivity index (χ3v) is 8.33. The molecule has 1 saturated heterocycles. The van der Waals surface area contributed by atoms with Gasteiger partial charge in [0.1, 0.15) is 0 Å². The van der Waals surface area contributed by atoms with Crippen molar-refractivity contribution in [3.63, 3.8) is 0 Å². The summed E-state index contributed by atoms with van der Waals surface area (Å²) >= 11 is 0. The lowest BCUT2D eigenvalue weighted by molar-refractivity contribution is -0.116. The van der Waals surface area contributed by atoms with Crippen molar-refractivity contribution >= 4 is 29.3 Å². The monoisotopic (exact) mass is 485 g/mol. The van der Waals surface area contributed by atoms with Gasteiger partial charge in [-0.3, -0.25) is 9.59 Å². The van der Waals surface area contributed by atoms with Gasteiger partial charge in [0.2, 0.25) is 5.91 Å². The molecule has 0 aromatic heterocycles. The Labute approximate surface area is 215 Å². The Morgan fingerprint density at radius 1 is 0.972 bits per heavy atom. The zero-order valence-corrected chi connectivity index (χ0v) is 21.6. The molecule has 2 aromatic carbocycles. The van der Waals surface area contributed by atoms with Gasteiger partial charge in [0, 0.05) is 50.1 Å². The number of hydrogen-bond donors (Lipinski definition) is 0. The number of carbonyl (C=O) groups is 2. The lowest BCUT2D eigenvalue weighted by Gasteiger charge is -2.38.